The summed E-state index contributed by atoms with van der Waals surface area (Å²) in [6.45, 7) is 2.55. The van der Waals surface area contributed by atoms with Gasteiger partial charge in [0.1, 0.15) is 11.5 Å². The molecule has 0 unspecified atom stereocenters. The molecule has 0 saturated heterocycles. The van der Waals surface area contributed by atoms with Crippen LogP contribution in [0.5, 0.6) is 11.5 Å². The van der Waals surface area contributed by atoms with Crippen LogP contribution in [0.25, 0.3) is 22.5 Å². The smallest absolute Gasteiger partial charge is 0.406 e. The molecule has 0 radical (unpaired) electrons. The van der Waals surface area contributed by atoms with Crippen LogP contribution in [-0.4, -0.2) is 32.7 Å². The molecule has 6 nitrogen and oxygen atoms in total. The third kappa shape index (κ3) is 6.99. The third-order valence-corrected chi connectivity index (χ3v) is 5.53. The highest BCUT2D eigenvalue weighted by Crippen LogP contribution is 2.39. The maximum absolute atomic E-state index is 14.4. The first kappa shape index (κ1) is 29.5. The molecule has 0 aliphatic carbocycles. The van der Waals surface area contributed by atoms with Crippen LogP contribution in [0, 0.1) is 23.8 Å². The Hall–Kier alpha value is -4.50. The fraction of sp³-hybridized carbons (Fsp3) is 0.200. The van der Waals surface area contributed by atoms with Crippen LogP contribution in [0.2, 0.25) is 0 Å². The molecule has 216 valence electrons. The molecule has 16 heteroatoms. The van der Waals surface area contributed by atoms with E-state index in [-0.39, 0.29) is 11.4 Å². The molecule has 0 N–H and O–H groups in total. The van der Waals surface area contributed by atoms with Gasteiger partial charge in [-0.1, -0.05) is 0 Å². The van der Waals surface area contributed by atoms with Gasteiger partial charge in [-0.15, -0.1) is 26.3 Å². The van der Waals surface area contributed by atoms with Gasteiger partial charge in [0.2, 0.25) is 23.8 Å². The Morgan fingerprint density at radius 1 is 0.537 bits per heavy atom. The van der Waals surface area contributed by atoms with E-state index < -0.39 is 75.9 Å². The van der Waals surface area contributed by atoms with Crippen molar-refractivity contribution in [2.75, 3.05) is 0 Å². The topological polar surface area (TPSA) is 70.0 Å². The molecule has 41 heavy (non-hydrogen) atoms. The number of alkyl halides is 6. The van der Waals surface area contributed by atoms with Crippen LogP contribution in [0.1, 0.15) is 25.2 Å². The van der Waals surface area contributed by atoms with Gasteiger partial charge in [-0.2, -0.15) is 27.5 Å². The second kappa shape index (κ2) is 10.5. The maximum Gasteiger partial charge on any atom is 0.573 e. The van der Waals surface area contributed by atoms with Gasteiger partial charge in [0.05, 0.1) is 33.9 Å². The van der Waals surface area contributed by atoms with Gasteiger partial charge >= 0.3 is 12.7 Å². The minimum Gasteiger partial charge on any atom is -0.406 e. The lowest BCUT2D eigenvalue weighted by atomic mass is 9.84. The Bertz CT molecular complexity index is 1490. The summed E-state index contributed by atoms with van der Waals surface area (Å²) in [7, 11) is 0. The van der Waals surface area contributed by atoms with Crippen LogP contribution < -0.4 is 9.47 Å². The molecule has 0 saturated carbocycles. The number of pyridine rings is 4. The SMILES string of the molecule is CC(C)(c1cc(OC(F)(F)F)cc(-c2ccc(F)nc2F)n1)c1cc(OC(F)(F)F)cc(-c2ccc(F)nc2F)n1. The number of hydrogen-bond acceptors (Lipinski definition) is 6. The van der Waals surface area contributed by atoms with Crippen LogP contribution in [-0.2, 0) is 5.41 Å². The summed E-state index contributed by atoms with van der Waals surface area (Å²) in [6.07, 6.45) is -10.4. The highest BCUT2D eigenvalue weighted by Gasteiger charge is 2.36. The van der Waals surface area contributed by atoms with E-state index in [1.807, 2.05) is 0 Å². The van der Waals surface area contributed by atoms with Crippen molar-refractivity contribution in [3.05, 3.63) is 83.7 Å². The van der Waals surface area contributed by atoms with E-state index in [1.165, 1.54) is 13.8 Å². The maximum atomic E-state index is 14.4. The first-order valence-corrected chi connectivity index (χ1v) is 11.1. The van der Waals surface area contributed by atoms with Crippen molar-refractivity contribution < 1.29 is 53.4 Å². The lowest BCUT2D eigenvalue weighted by molar-refractivity contribution is -0.275. The molecule has 0 spiro atoms. The van der Waals surface area contributed by atoms with Gasteiger partial charge in [0, 0.05) is 29.7 Å². The second-order valence-corrected chi connectivity index (χ2v) is 8.81. The number of aromatic nitrogens is 4. The van der Waals surface area contributed by atoms with E-state index in [1.54, 1.807) is 0 Å². The normalized spacial score (nSPS) is 12.4. The Kier molecular flexibility index (Phi) is 7.54. The van der Waals surface area contributed by atoms with Crippen LogP contribution in [0.4, 0.5) is 43.9 Å². The summed E-state index contributed by atoms with van der Waals surface area (Å²) in [4.78, 5) is 14.2. The molecule has 0 bridgehead atoms. The molecular weight excluding hydrogens is 578 g/mol. The molecule has 4 heterocycles. The Morgan fingerprint density at radius 2 is 0.902 bits per heavy atom. The standard InChI is InChI=1S/C25H14F10N4O2/c1-23(2,17-9-11(40-24(30,31)32)7-15(36-17)13-3-5-19(26)38-21(13)28)18-10-12(41-25(33,34)35)8-16(37-18)14-4-6-20(27)39-22(14)29/h3-10H,1-2H3. The van der Waals surface area contributed by atoms with Crippen molar-refractivity contribution in [3.63, 3.8) is 0 Å². The summed E-state index contributed by atoms with van der Waals surface area (Å²) in [5, 5.41) is 0. The molecule has 0 aliphatic rings. The van der Waals surface area contributed by atoms with Crippen molar-refractivity contribution in [2.45, 2.75) is 32.0 Å². The van der Waals surface area contributed by atoms with Gasteiger partial charge in [-0.3, -0.25) is 9.97 Å². The van der Waals surface area contributed by atoms with E-state index in [2.05, 4.69) is 29.4 Å². The first-order chi connectivity index (χ1) is 18.9. The van der Waals surface area contributed by atoms with Gasteiger partial charge < -0.3 is 9.47 Å². The van der Waals surface area contributed by atoms with Crippen LogP contribution in [0.3, 0.4) is 0 Å². The van der Waals surface area contributed by atoms with Crippen molar-refractivity contribution in [3.8, 4) is 34.0 Å². The lowest BCUT2D eigenvalue weighted by Crippen LogP contribution is -2.25. The predicted molar refractivity (Wildman–Crippen MR) is 120 cm³/mol. The molecule has 0 atom stereocenters. The van der Waals surface area contributed by atoms with Crippen LogP contribution in [0.15, 0.2) is 48.5 Å². The van der Waals surface area contributed by atoms with E-state index in [0.29, 0.717) is 12.1 Å². The minimum absolute atomic E-state index is 0.349. The van der Waals surface area contributed by atoms with Gasteiger partial charge in [-0.25, -0.2) is 0 Å². The Labute approximate surface area is 223 Å². The van der Waals surface area contributed by atoms with E-state index in [9.17, 15) is 43.9 Å². The van der Waals surface area contributed by atoms with Crippen molar-refractivity contribution in [2.24, 2.45) is 0 Å². The molecule has 0 aliphatic heterocycles. The number of ether oxygens (including phenoxy) is 2. The summed E-state index contributed by atoms with van der Waals surface area (Å²) < 4.78 is 142. The van der Waals surface area contributed by atoms with Gasteiger partial charge in [-0.05, 0) is 38.1 Å². The minimum atomic E-state index is -5.22. The highest BCUT2D eigenvalue weighted by atomic mass is 19.4. The van der Waals surface area contributed by atoms with E-state index in [0.717, 1.165) is 36.4 Å². The van der Waals surface area contributed by atoms with Crippen molar-refractivity contribution >= 4 is 0 Å². The fourth-order valence-corrected chi connectivity index (χ4v) is 3.65. The average Bonchev–Trinajstić information content (AvgIpc) is 2.81. The lowest BCUT2D eigenvalue weighted by Gasteiger charge is -2.26. The first-order valence-electron chi connectivity index (χ1n) is 11.1. The molecular formula is C25H14F10N4O2. The summed E-state index contributed by atoms with van der Waals surface area (Å²) in [5.41, 5.74) is -4.48. The molecule has 0 amide bonds. The highest BCUT2D eigenvalue weighted by molar-refractivity contribution is 5.63. The zero-order valence-corrected chi connectivity index (χ0v) is 20.5. The summed E-state index contributed by atoms with van der Waals surface area (Å²) >= 11 is 0. The quantitative estimate of drug-likeness (QED) is 0.173. The monoisotopic (exact) mass is 592 g/mol. The fourth-order valence-electron chi connectivity index (χ4n) is 3.65. The number of halogens is 10. The van der Waals surface area contributed by atoms with Crippen molar-refractivity contribution in [1.29, 1.82) is 0 Å². The predicted octanol–water partition coefficient (Wildman–Crippen LogP) is 7.28. The summed E-state index contributed by atoms with van der Waals surface area (Å²) in [6, 6.07) is 6.06. The Morgan fingerprint density at radius 3 is 1.22 bits per heavy atom. The summed E-state index contributed by atoms with van der Waals surface area (Å²) in [5.74, 6) is -7.13. The van der Waals surface area contributed by atoms with Gasteiger partial charge in [0.25, 0.3) is 0 Å². The third-order valence-electron chi connectivity index (χ3n) is 5.53. The number of hydrogen-bond donors (Lipinski definition) is 0. The molecule has 0 fully saturated rings. The molecule has 4 aromatic heterocycles. The van der Waals surface area contributed by atoms with Gasteiger partial charge in [0.15, 0.2) is 0 Å². The van der Waals surface area contributed by atoms with Crippen LogP contribution >= 0.6 is 0 Å². The van der Waals surface area contributed by atoms with E-state index >= 15 is 0 Å². The number of nitrogens with zero attached hydrogens (tertiary/aromatic N) is 4. The zero-order valence-electron chi connectivity index (χ0n) is 20.5. The Balaban J connectivity index is 1.93. The average molecular weight is 592 g/mol. The zero-order chi connectivity index (χ0) is 30.3. The van der Waals surface area contributed by atoms with Crippen molar-refractivity contribution in [1.82, 2.24) is 19.9 Å². The second-order valence-electron chi connectivity index (χ2n) is 8.81. The largest absolute Gasteiger partial charge is 0.573 e. The van der Waals surface area contributed by atoms with E-state index in [4.69, 9.17) is 0 Å². The number of rotatable bonds is 6. The molecule has 4 aromatic rings. The molecule has 4 rings (SSSR count). The molecule has 0 aromatic carbocycles.